The van der Waals surface area contributed by atoms with Crippen molar-refractivity contribution in [3.63, 3.8) is 0 Å². The van der Waals surface area contributed by atoms with Crippen LogP contribution < -0.4 is 5.32 Å². The van der Waals surface area contributed by atoms with Gasteiger partial charge in [0, 0.05) is 22.7 Å². The van der Waals surface area contributed by atoms with Crippen molar-refractivity contribution >= 4 is 17.6 Å². The van der Waals surface area contributed by atoms with Gasteiger partial charge in [0.1, 0.15) is 0 Å². The predicted octanol–water partition coefficient (Wildman–Crippen LogP) is 4.00. The molecule has 4 heteroatoms. The van der Waals surface area contributed by atoms with Gasteiger partial charge in [-0.05, 0) is 49.2 Å². The molecule has 132 valence electrons. The molecule has 0 saturated heterocycles. The Morgan fingerprint density at radius 3 is 2.35 bits per heavy atom. The van der Waals surface area contributed by atoms with Gasteiger partial charge in [-0.3, -0.25) is 4.79 Å². The van der Waals surface area contributed by atoms with Gasteiger partial charge in [0.15, 0.2) is 0 Å². The molecule has 2 aromatic carbocycles. The van der Waals surface area contributed by atoms with Crippen LogP contribution in [0.15, 0.2) is 48.5 Å². The normalized spacial score (nSPS) is 13.6. The largest absolute Gasteiger partial charge is 0.465 e. The zero-order chi connectivity index (χ0) is 18.4. The molecule has 1 aliphatic rings. The Morgan fingerprint density at radius 2 is 1.65 bits per heavy atom. The second kappa shape index (κ2) is 8.35. The van der Waals surface area contributed by atoms with Crippen molar-refractivity contribution in [3.05, 3.63) is 65.2 Å². The lowest BCUT2D eigenvalue weighted by Crippen LogP contribution is -2.20. The van der Waals surface area contributed by atoms with Crippen LogP contribution in [0.25, 0.3) is 0 Å². The Bertz CT molecular complexity index is 870. The van der Waals surface area contributed by atoms with Gasteiger partial charge >= 0.3 is 5.97 Å². The number of nitrogens with one attached hydrogen (secondary N) is 1. The molecule has 1 amide bonds. The van der Waals surface area contributed by atoms with Crippen molar-refractivity contribution in [1.82, 2.24) is 0 Å². The first-order valence-corrected chi connectivity index (χ1v) is 8.77. The number of amides is 1. The van der Waals surface area contributed by atoms with Gasteiger partial charge in [-0.25, -0.2) is 4.79 Å². The minimum atomic E-state index is -0.384. The van der Waals surface area contributed by atoms with E-state index in [9.17, 15) is 9.59 Å². The van der Waals surface area contributed by atoms with E-state index in [2.05, 4.69) is 17.2 Å². The Morgan fingerprint density at radius 1 is 1.00 bits per heavy atom. The molecule has 4 nitrogen and oxygen atoms in total. The highest BCUT2D eigenvalue weighted by Crippen LogP contribution is 2.26. The number of methoxy groups -OCH3 is 1. The molecule has 0 bridgehead atoms. The standard InChI is InChI=1S/C22H21NO3/c1-26-22(25)19-10-4-6-16(14-19)12-13-17-7-5-11-20(15-17)23-21(24)18-8-2-3-9-18/h4-7,10-11,14-15,18H,2-3,8-9H2,1H3,(H,23,24). The maximum Gasteiger partial charge on any atom is 0.337 e. The van der Waals surface area contributed by atoms with Gasteiger partial charge in [0.2, 0.25) is 5.91 Å². The van der Waals surface area contributed by atoms with Crippen LogP contribution in [0.4, 0.5) is 5.69 Å². The maximum atomic E-state index is 12.2. The fourth-order valence-electron chi connectivity index (χ4n) is 3.09. The molecule has 0 radical (unpaired) electrons. The molecular weight excluding hydrogens is 326 g/mol. The topological polar surface area (TPSA) is 55.4 Å². The van der Waals surface area contributed by atoms with Crippen LogP contribution >= 0.6 is 0 Å². The number of hydrogen-bond acceptors (Lipinski definition) is 3. The number of carbonyl (C=O) groups is 2. The molecule has 1 aliphatic carbocycles. The highest BCUT2D eigenvalue weighted by Gasteiger charge is 2.22. The smallest absolute Gasteiger partial charge is 0.337 e. The number of rotatable bonds is 3. The monoisotopic (exact) mass is 347 g/mol. The maximum absolute atomic E-state index is 12.2. The fraction of sp³-hybridized carbons (Fsp3) is 0.273. The lowest BCUT2D eigenvalue weighted by molar-refractivity contribution is -0.119. The fourth-order valence-corrected chi connectivity index (χ4v) is 3.09. The summed E-state index contributed by atoms with van der Waals surface area (Å²) < 4.78 is 4.72. The summed E-state index contributed by atoms with van der Waals surface area (Å²) in [6.07, 6.45) is 4.21. The molecule has 1 fully saturated rings. The third-order valence-corrected chi connectivity index (χ3v) is 4.49. The summed E-state index contributed by atoms with van der Waals surface area (Å²) in [6, 6.07) is 14.5. The van der Waals surface area contributed by atoms with Crippen molar-refractivity contribution in [2.24, 2.45) is 5.92 Å². The summed E-state index contributed by atoms with van der Waals surface area (Å²) >= 11 is 0. The number of ether oxygens (including phenoxy) is 1. The van der Waals surface area contributed by atoms with Crippen molar-refractivity contribution < 1.29 is 14.3 Å². The molecule has 1 saturated carbocycles. The summed E-state index contributed by atoms with van der Waals surface area (Å²) in [5, 5.41) is 2.99. The molecule has 0 atom stereocenters. The van der Waals surface area contributed by atoms with Crippen LogP contribution in [0.3, 0.4) is 0 Å². The summed E-state index contributed by atoms with van der Waals surface area (Å²) in [5.74, 6) is 5.96. The average Bonchev–Trinajstić information content (AvgIpc) is 3.21. The summed E-state index contributed by atoms with van der Waals surface area (Å²) in [6.45, 7) is 0. The average molecular weight is 347 g/mol. The molecule has 2 aromatic rings. The quantitative estimate of drug-likeness (QED) is 0.674. The van der Waals surface area contributed by atoms with Gasteiger partial charge in [-0.2, -0.15) is 0 Å². The van der Waals surface area contributed by atoms with Gasteiger partial charge in [-0.1, -0.05) is 36.8 Å². The second-order valence-electron chi connectivity index (χ2n) is 6.37. The van der Waals surface area contributed by atoms with Crippen LogP contribution in [-0.4, -0.2) is 19.0 Å². The molecule has 0 heterocycles. The molecular formula is C22H21NO3. The summed E-state index contributed by atoms with van der Waals surface area (Å²) in [5.41, 5.74) is 2.76. The minimum Gasteiger partial charge on any atom is -0.465 e. The van der Waals surface area contributed by atoms with Gasteiger partial charge < -0.3 is 10.1 Å². The van der Waals surface area contributed by atoms with Crippen LogP contribution in [0.5, 0.6) is 0 Å². The van der Waals surface area contributed by atoms with E-state index in [0.29, 0.717) is 5.56 Å². The Balaban J connectivity index is 1.72. The first kappa shape index (κ1) is 17.8. The van der Waals surface area contributed by atoms with Crippen LogP contribution in [-0.2, 0) is 9.53 Å². The number of carbonyl (C=O) groups excluding carboxylic acids is 2. The molecule has 0 aromatic heterocycles. The SMILES string of the molecule is COC(=O)c1cccc(C#Cc2cccc(NC(=O)C3CCCC3)c2)c1. The molecule has 1 N–H and O–H groups in total. The van der Waals surface area contributed by atoms with Crippen LogP contribution in [0, 0.1) is 17.8 Å². The van der Waals surface area contributed by atoms with Crippen molar-refractivity contribution in [1.29, 1.82) is 0 Å². The Labute approximate surface area is 153 Å². The minimum absolute atomic E-state index is 0.0957. The number of anilines is 1. The van der Waals surface area contributed by atoms with Crippen LogP contribution in [0.1, 0.15) is 47.2 Å². The molecule has 0 aliphatic heterocycles. The third-order valence-electron chi connectivity index (χ3n) is 4.49. The van der Waals surface area contributed by atoms with Gasteiger partial charge in [0.05, 0.1) is 12.7 Å². The zero-order valence-electron chi connectivity index (χ0n) is 14.7. The summed E-state index contributed by atoms with van der Waals surface area (Å²) in [4.78, 5) is 23.8. The Kier molecular flexibility index (Phi) is 5.70. The zero-order valence-corrected chi connectivity index (χ0v) is 14.7. The second-order valence-corrected chi connectivity index (χ2v) is 6.37. The van der Waals surface area contributed by atoms with Gasteiger partial charge in [0.25, 0.3) is 0 Å². The van der Waals surface area contributed by atoms with E-state index in [1.54, 1.807) is 18.2 Å². The number of esters is 1. The van der Waals surface area contributed by atoms with Crippen molar-refractivity contribution in [2.75, 3.05) is 12.4 Å². The molecule has 0 spiro atoms. The van der Waals surface area contributed by atoms with E-state index in [1.165, 1.54) is 7.11 Å². The van der Waals surface area contributed by atoms with Crippen molar-refractivity contribution in [2.45, 2.75) is 25.7 Å². The third kappa shape index (κ3) is 4.52. The van der Waals surface area contributed by atoms with E-state index in [0.717, 1.165) is 42.5 Å². The highest BCUT2D eigenvalue weighted by molar-refractivity contribution is 5.93. The number of benzene rings is 2. The molecule has 0 unspecified atom stereocenters. The predicted molar refractivity (Wildman–Crippen MR) is 101 cm³/mol. The lowest BCUT2D eigenvalue weighted by Gasteiger charge is -2.10. The molecule has 26 heavy (non-hydrogen) atoms. The van der Waals surface area contributed by atoms with Crippen molar-refractivity contribution in [3.8, 4) is 11.8 Å². The number of hydrogen-bond donors (Lipinski definition) is 1. The lowest BCUT2D eigenvalue weighted by atomic mass is 10.1. The first-order chi connectivity index (χ1) is 12.7. The van der Waals surface area contributed by atoms with Gasteiger partial charge in [-0.15, -0.1) is 0 Å². The van der Waals surface area contributed by atoms with E-state index in [4.69, 9.17) is 4.74 Å². The van der Waals surface area contributed by atoms with E-state index in [1.807, 2.05) is 30.3 Å². The molecule has 3 rings (SSSR count). The Hall–Kier alpha value is -3.06. The van der Waals surface area contributed by atoms with E-state index >= 15 is 0 Å². The summed E-state index contributed by atoms with van der Waals surface area (Å²) in [7, 11) is 1.35. The first-order valence-electron chi connectivity index (χ1n) is 8.77. The highest BCUT2D eigenvalue weighted by atomic mass is 16.5. The van der Waals surface area contributed by atoms with E-state index < -0.39 is 0 Å². The van der Waals surface area contributed by atoms with E-state index in [-0.39, 0.29) is 17.8 Å². The van der Waals surface area contributed by atoms with Crippen LogP contribution in [0.2, 0.25) is 0 Å².